The summed E-state index contributed by atoms with van der Waals surface area (Å²) in [6.45, 7) is 2.96. The van der Waals surface area contributed by atoms with E-state index in [9.17, 15) is 4.79 Å². The maximum atomic E-state index is 12.8. The van der Waals surface area contributed by atoms with E-state index in [1.54, 1.807) is 44.4 Å². The number of rotatable bonds is 7. The number of benzene rings is 3. The van der Waals surface area contributed by atoms with Crippen LogP contribution in [-0.2, 0) is 6.54 Å². The van der Waals surface area contributed by atoms with Crippen molar-refractivity contribution in [2.45, 2.75) is 13.5 Å². The van der Waals surface area contributed by atoms with Gasteiger partial charge in [-0.25, -0.2) is 0 Å². The first-order valence-electron chi connectivity index (χ1n) is 9.18. The number of amides is 1. The Morgan fingerprint density at radius 1 is 0.893 bits per heavy atom. The molecule has 0 saturated carbocycles. The van der Waals surface area contributed by atoms with E-state index < -0.39 is 0 Å². The van der Waals surface area contributed by atoms with Gasteiger partial charge in [-0.2, -0.15) is 0 Å². The number of fused-ring (bicyclic) bond motifs is 1. The van der Waals surface area contributed by atoms with Gasteiger partial charge in [-0.1, -0.05) is 18.2 Å². The maximum absolute atomic E-state index is 12.8. The van der Waals surface area contributed by atoms with Gasteiger partial charge in [0.25, 0.3) is 5.91 Å². The summed E-state index contributed by atoms with van der Waals surface area (Å²) in [7, 11) is 5.02. The number of methoxy groups -OCH3 is 2. The van der Waals surface area contributed by atoms with Crippen molar-refractivity contribution in [2.75, 3.05) is 27.9 Å². The van der Waals surface area contributed by atoms with Crippen LogP contribution in [0.2, 0.25) is 0 Å². The van der Waals surface area contributed by atoms with Crippen LogP contribution < -0.4 is 14.2 Å². The lowest BCUT2D eigenvalue weighted by molar-refractivity contribution is 0.0784. The molecule has 0 fully saturated rings. The third kappa shape index (κ3) is 4.19. The zero-order chi connectivity index (χ0) is 20.1. The van der Waals surface area contributed by atoms with E-state index in [0.29, 0.717) is 30.2 Å². The zero-order valence-electron chi connectivity index (χ0n) is 16.7. The fourth-order valence-corrected chi connectivity index (χ4v) is 3.14. The van der Waals surface area contributed by atoms with E-state index in [1.165, 1.54) is 0 Å². The molecule has 5 nitrogen and oxygen atoms in total. The Hall–Kier alpha value is -3.21. The van der Waals surface area contributed by atoms with Gasteiger partial charge in [0.1, 0.15) is 5.75 Å². The third-order valence-electron chi connectivity index (χ3n) is 4.59. The van der Waals surface area contributed by atoms with Crippen molar-refractivity contribution < 1.29 is 19.0 Å². The molecule has 3 aromatic carbocycles. The number of hydrogen-bond acceptors (Lipinski definition) is 4. The lowest BCUT2D eigenvalue weighted by Gasteiger charge is -2.19. The molecule has 5 heteroatoms. The Morgan fingerprint density at radius 3 is 2.36 bits per heavy atom. The number of nitrogens with zero attached hydrogens (tertiary/aromatic N) is 1. The monoisotopic (exact) mass is 379 g/mol. The summed E-state index contributed by atoms with van der Waals surface area (Å²) >= 11 is 0. The van der Waals surface area contributed by atoms with Gasteiger partial charge in [0.15, 0.2) is 11.5 Å². The molecule has 0 saturated heterocycles. The minimum absolute atomic E-state index is 0.0730. The molecule has 0 spiro atoms. The SMILES string of the molecule is CCOc1ccc(C(=O)N(C)Cc2ccc3cc(OC)ccc3c2)cc1OC. The third-order valence-corrected chi connectivity index (χ3v) is 4.59. The maximum Gasteiger partial charge on any atom is 0.254 e. The highest BCUT2D eigenvalue weighted by molar-refractivity contribution is 5.95. The van der Waals surface area contributed by atoms with Crippen LogP contribution in [-0.4, -0.2) is 38.7 Å². The molecule has 0 atom stereocenters. The van der Waals surface area contributed by atoms with Crippen LogP contribution >= 0.6 is 0 Å². The first-order valence-corrected chi connectivity index (χ1v) is 9.18. The zero-order valence-corrected chi connectivity index (χ0v) is 16.7. The summed E-state index contributed by atoms with van der Waals surface area (Å²) in [6, 6.07) is 17.4. The van der Waals surface area contributed by atoms with Crippen molar-refractivity contribution in [3.05, 3.63) is 65.7 Å². The Bertz CT molecular complexity index is 983. The molecule has 0 N–H and O–H groups in total. The van der Waals surface area contributed by atoms with Crippen LogP contribution in [0, 0.1) is 0 Å². The van der Waals surface area contributed by atoms with E-state index >= 15 is 0 Å². The molecule has 0 aliphatic rings. The fraction of sp³-hybridized carbons (Fsp3) is 0.261. The van der Waals surface area contributed by atoms with Crippen LogP contribution in [0.25, 0.3) is 10.8 Å². The molecule has 1 amide bonds. The van der Waals surface area contributed by atoms with E-state index in [0.717, 1.165) is 22.1 Å². The summed E-state index contributed by atoms with van der Waals surface area (Å²) in [6.07, 6.45) is 0. The summed E-state index contributed by atoms with van der Waals surface area (Å²) in [5.74, 6) is 1.95. The predicted octanol–water partition coefficient (Wildman–Crippen LogP) is 4.53. The smallest absolute Gasteiger partial charge is 0.254 e. The highest BCUT2D eigenvalue weighted by Gasteiger charge is 2.15. The molecule has 0 radical (unpaired) electrons. The van der Waals surface area contributed by atoms with Gasteiger partial charge in [-0.3, -0.25) is 4.79 Å². The summed E-state index contributed by atoms with van der Waals surface area (Å²) < 4.78 is 16.1. The average Bonchev–Trinajstić information content (AvgIpc) is 2.73. The van der Waals surface area contributed by atoms with E-state index in [-0.39, 0.29) is 5.91 Å². The van der Waals surface area contributed by atoms with E-state index in [2.05, 4.69) is 6.07 Å². The summed E-state index contributed by atoms with van der Waals surface area (Å²) in [4.78, 5) is 14.5. The highest BCUT2D eigenvalue weighted by Crippen LogP contribution is 2.29. The standard InChI is InChI=1S/C23H25NO4/c1-5-28-21-11-9-19(14-22(21)27-4)23(25)24(2)15-16-6-7-18-13-20(26-3)10-8-17(18)12-16/h6-14H,5,15H2,1-4H3. The van der Waals surface area contributed by atoms with Crippen LogP contribution in [0.1, 0.15) is 22.8 Å². The normalized spacial score (nSPS) is 10.6. The second-order valence-corrected chi connectivity index (χ2v) is 6.51. The van der Waals surface area contributed by atoms with Crippen LogP contribution in [0.15, 0.2) is 54.6 Å². The largest absolute Gasteiger partial charge is 0.497 e. The van der Waals surface area contributed by atoms with E-state index in [1.807, 2.05) is 37.3 Å². The summed E-state index contributed by atoms with van der Waals surface area (Å²) in [5.41, 5.74) is 1.62. The Morgan fingerprint density at radius 2 is 1.64 bits per heavy atom. The fourth-order valence-electron chi connectivity index (χ4n) is 3.14. The summed E-state index contributed by atoms with van der Waals surface area (Å²) in [5, 5.41) is 2.22. The Balaban J connectivity index is 1.77. The number of ether oxygens (including phenoxy) is 3. The molecule has 28 heavy (non-hydrogen) atoms. The molecule has 3 aromatic rings. The minimum atomic E-state index is -0.0730. The molecule has 0 aromatic heterocycles. The molecule has 0 aliphatic heterocycles. The molecule has 0 aliphatic carbocycles. The van der Waals surface area contributed by atoms with Gasteiger partial charge in [-0.05, 0) is 59.7 Å². The number of carbonyl (C=O) groups is 1. The van der Waals surface area contributed by atoms with E-state index in [4.69, 9.17) is 14.2 Å². The topological polar surface area (TPSA) is 48.0 Å². The van der Waals surface area contributed by atoms with Gasteiger partial charge >= 0.3 is 0 Å². The minimum Gasteiger partial charge on any atom is -0.497 e. The van der Waals surface area contributed by atoms with Gasteiger partial charge in [0, 0.05) is 19.2 Å². The number of carbonyl (C=O) groups excluding carboxylic acids is 1. The molecular formula is C23H25NO4. The first-order chi connectivity index (χ1) is 13.5. The molecule has 0 unspecified atom stereocenters. The average molecular weight is 379 g/mol. The lowest BCUT2D eigenvalue weighted by atomic mass is 10.1. The number of hydrogen-bond donors (Lipinski definition) is 0. The second-order valence-electron chi connectivity index (χ2n) is 6.51. The molecule has 3 rings (SSSR count). The van der Waals surface area contributed by atoms with Gasteiger partial charge in [0.2, 0.25) is 0 Å². The van der Waals surface area contributed by atoms with Crippen LogP contribution in [0.3, 0.4) is 0 Å². The molecular weight excluding hydrogens is 354 g/mol. The molecule has 0 heterocycles. The van der Waals surface area contributed by atoms with Gasteiger partial charge < -0.3 is 19.1 Å². The molecule has 146 valence electrons. The Kier molecular flexibility index (Phi) is 6.04. The quantitative estimate of drug-likeness (QED) is 0.605. The highest BCUT2D eigenvalue weighted by atomic mass is 16.5. The van der Waals surface area contributed by atoms with Crippen molar-refractivity contribution in [2.24, 2.45) is 0 Å². The van der Waals surface area contributed by atoms with Crippen molar-refractivity contribution in [3.8, 4) is 17.2 Å². The van der Waals surface area contributed by atoms with Crippen molar-refractivity contribution in [3.63, 3.8) is 0 Å². The van der Waals surface area contributed by atoms with Crippen LogP contribution in [0.5, 0.6) is 17.2 Å². The van der Waals surface area contributed by atoms with Crippen LogP contribution in [0.4, 0.5) is 0 Å². The molecule has 0 bridgehead atoms. The van der Waals surface area contributed by atoms with Gasteiger partial charge in [0.05, 0.1) is 20.8 Å². The lowest BCUT2D eigenvalue weighted by Crippen LogP contribution is -2.26. The van der Waals surface area contributed by atoms with Crippen molar-refractivity contribution >= 4 is 16.7 Å². The van der Waals surface area contributed by atoms with Crippen molar-refractivity contribution in [1.82, 2.24) is 4.90 Å². The first kappa shape index (κ1) is 19.5. The Labute approximate surface area is 165 Å². The van der Waals surface area contributed by atoms with Crippen molar-refractivity contribution in [1.29, 1.82) is 0 Å². The second kappa shape index (κ2) is 8.65. The van der Waals surface area contributed by atoms with Gasteiger partial charge in [-0.15, -0.1) is 0 Å². The predicted molar refractivity (Wildman–Crippen MR) is 110 cm³/mol.